The number of rotatable bonds is 2. The number of nitrogens with one attached hydrogen (secondary N) is 3. The van der Waals surface area contributed by atoms with Gasteiger partial charge in [0.2, 0.25) is 5.91 Å². The molecule has 0 saturated carbocycles. The minimum Gasteiger partial charge on any atom is -0.467 e. The van der Waals surface area contributed by atoms with Gasteiger partial charge >= 0.3 is 0 Å². The molecule has 0 aliphatic carbocycles. The van der Waals surface area contributed by atoms with Crippen LogP contribution in [0.15, 0.2) is 53.0 Å². The Morgan fingerprint density at radius 3 is 2.80 bits per heavy atom. The van der Waals surface area contributed by atoms with Crippen molar-refractivity contribution >= 4 is 44.9 Å². The third kappa shape index (κ3) is 2.87. The Morgan fingerprint density at radius 1 is 1.28 bits per heavy atom. The van der Waals surface area contributed by atoms with Gasteiger partial charge in [0.25, 0.3) is 0 Å². The predicted molar refractivity (Wildman–Crippen MR) is 103 cm³/mol. The van der Waals surface area contributed by atoms with Gasteiger partial charge in [-0.25, -0.2) is 0 Å². The van der Waals surface area contributed by atoms with E-state index in [1.165, 1.54) is 0 Å². The number of carbonyl (C=O) groups excluding carboxylic acids is 1. The Bertz CT molecular complexity index is 861. The van der Waals surface area contributed by atoms with E-state index in [0.717, 1.165) is 21.5 Å². The van der Waals surface area contributed by atoms with E-state index in [2.05, 4.69) is 31.9 Å². The van der Waals surface area contributed by atoms with Crippen LogP contribution in [0, 0.1) is 5.92 Å². The van der Waals surface area contributed by atoms with Gasteiger partial charge in [-0.05, 0) is 49.5 Å². The lowest BCUT2D eigenvalue weighted by molar-refractivity contribution is -0.132. The first kappa shape index (κ1) is 16.4. The fourth-order valence-corrected chi connectivity index (χ4v) is 4.16. The molecule has 0 radical (unpaired) electrons. The van der Waals surface area contributed by atoms with Gasteiger partial charge in [-0.2, -0.15) is 0 Å². The maximum Gasteiger partial charge on any atom is 0.236 e. The van der Waals surface area contributed by atoms with E-state index in [1.807, 2.05) is 55.5 Å². The molecule has 1 saturated heterocycles. The molecule has 7 heteroatoms. The van der Waals surface area contributed by atoms with Crippen molar-refractivity contribution in [1.82, 2.24) is 10.6 Å². The van der Waals surface area contributed by atoms with Crippen LogP contribution in [0.3, 0.4) is 0 Å². The monoisotopic (exact) mass is 417 g/mol. The second-order valence-corrected chi connectivity index (χ2v) is 7.62. The van der Waals surface area contributed by atoms with Gasteiger partial charge < -0.3 is 20.7 Å². The normalized spacial score (nSPS) is 26.6. The summed E-state index contributed by atoms with van der Waals surface area (Å²) in [5.41, 5.74) is 0.730. The van der Waals surface area contributed by atoms with Crippen molar-refractivity contribution in [3.05, 3.63) is 58.6 Å². The Labute approximate surface area is 159 Å². The largest absolute Gasteiger partial charge is 0.467 e. The third-order valence-electron chi connectivity index (χ3n) is 4.53. The van der Waals surface area contributed by atoms with Crippen LogP contribution < -0.4 is 20.7 Å². The fraction of sp³-hybridized carbons (Fsp3) is 0.222. The molecule has 3 atom stereocenters. The van der Waals surface area contributed by atoms with Crippen LogP contribution in [0.25, 0.3) is 0 Å². The molecule has 2 aliphatic heterocycles. The summed E-state index contributed by atoms with van der Waals surface area (Å²) in [6.45, 7) is 1.85. The summed E-state index contributed by atoms with van der Waals surface area (Å²) in [5, 5.41) is 9.80. The minimum absolute atomic E-state index is 0.133. The van der Waals surface area contributed by atoms with Crippen molar-refractivity contribution in [2.75, 3.05) is 5.32 Å². The van der Waals surface area contributed by atoms with Crippen LogP contribution in [-0.4, -0.2) is 16.7 Å². The van der Waals surface area contributed by atoms with Gasteiger partial charge in [0.1, 0.15) is 11.7 Å². The molecule has 2 heterocycles. The minimum atomic E-state index is -0.924. The van der Waals surface area contributed by atoms with E-state index >= 15 is 0 Å². The topological polar surface area (TPSA) is 62.4 Å². The van der Waals surface area contributed by atoms with Gasteiger partial charge in [-0.15, -0.1) is 0 Å². The molecule has 2 aliphatic rings. The standard InChI is InChI=1S/C18H16BrN3O2S/c1-18-14(16(23)20-11-5-3-2-4-6-11)15(21-17(25)22-18)12-9-10(19)7-8-13(12)24-18/h2-9,14-15H,1H3,(H,20,23)(H2,21,22,25)/t14-,15-,18-/m0/s1. The molecule has 4 rings (SSSR count). The molecule has 128 valence electrons. The molecule has 3 N–H and O–H groups in total. The molecule has 0 unspecified atom stereocenters. The molecule has 25 heavy (non-hydrogen) atoms. The summed E-state index contributed by atoms with van der Waals surface area (Å²) in [5.74, 6) is 0.106. The third-order valence-corrected chi connectivity index (χ3v) is 5.24. The van der Waals surface area contributed by atoms with E-state index in [9.17, 15) is 4.79 Å². The van der Waals surface area contributed by atoms with Crippen LogP contribution in [0.1, 0.15) is 18.5 Å². The van der Waals surface area contributed by atoms with Crippen molar-refractivity contribution < 1.29 is 9.53 Å². The lowest BCUT2D eigenvalue weighted by Gasteiger charge is -2.50. The molecule has 2 aromatic carbocycles. The zero-order valence-electron chi connectivity index (χ0n) is 13.4. The number of benzene rings is 2. The number of halogens is 1. The summed E-state index contributed by atoms with van der Waals surface area (Å²) in [4.78, 5) is 13.1. The SMILES string of the molecule is C[C@]12NC(=S)N[C@@H](c3cc(Br)ccc3O1)[C@H]2C(=O)Nc1ccccc1. The van der Waals surface area contributed by atoms with Crippen LogP contribution in [0.5, 0.6) is 5.75 Å². The highest BCUT2D eigenvalue weighted by atomic mass is 79.9. The van der Waals surface area contributed by atoms with Crippen molar-refractivity contribution in [2.24, 2.45) is 5.92 Å². The second-order valence-electron chi connectivity index (χ2n) is 6.30. The lowest BCUT2D eigenvalue weighted by atomic mass is 9.80. The number of hydrogen-bond donors (Lipinski definition) is 3. The summed E-state index contributed by atoms with van der Waals surface area (Å²) in [7, 11) is 0. The maximum absolute atomic E-state index is 13.1. The maximum atomic E-state index is 13.1. The van der Waals surface area contributed by atoms with Gasteiger partial charge in [-0.1, -0.05) is 34.1 Å². The van der Waals surface area contributed by atoms with Crippen LogP contribution in [0.2, 0.25) is 0 Å². The Morgan fingerprint density at radius 2 is 2.04 bits per heavy atom. The quantitative estimate of drug-likeness (QED) is 0.654. The van der Waals surface area contributed by atoms with Crippen molar-refractivity contribution in [3.63, 3.8) is 0 Å². The molecule has 0 aromatic heterocycles. The van der Waals surface area contributed by atoms with E-state index in [0.29, 0.717) is 5.11 Å². The van der Waals surface area contributed by atoms with Gasteiger partial charge in [0.15, 0.2) is 10.8 Å². The zero-order valence-corrected chi connectivity index (χ0v) is 15.8. The van der Waals surface area contributed by atoms with Crippen molar-refractivity contribution in [1.29, 1.82) is 0 Å². The highest BCUT2D eigenvalue weighted by molar-refractivity contribution is 9.10. The summed E-state index contributed by atoms with van der Waals surface area (Å²) in [6, 6.07) is 14.9. The molecule has 1 fully saturated rings. The number of hydrogen-bond acceptors (Lipinski definition) is 3. The first-order chi connectivity index (χ1) is 12.0. The van der Waals surface area contributed by atoms with Gasteiger partial charge in [0, 0.05) is 15.7 Å². The fourth-order valence-electron chi connectivity index (χ4n) is 3.45. The van der Waals surface area contributed by atoms with Crippen LogP contribution in [-0.2, 0) is 4.79 Å². The number of anilines is 1. The Hall–Kier alpha value is -2.12. The average Bonchev–Trinajstić information content (AvgIpc) is 2.55. The number of para-hydroxylation sites is 1. The van der Waals surface area contributed by atoms with E-state index in [-0.39, 0.29) is 11.9 Å². The number of ether oxygens (including phenoxy) is 1. The molecule has 0 spiro atoms. The van der Waals surface area contributed by atoms with E-state index in [1.54, 1.807) is 0 Å². The van der Waals surface area contributed by atoms with Crippen LogP contribution >= 0.6 is 28.1 Å². The molecule has 5 nitrogen and oxygen atoms in total. The summed E-state index contributed by atoms with van der Waals surface area (Å²) in [6.07, 6.45) is 0. The molecule has 2 bridgehead atoms. The Kier molecular flexibility index (Phi) is 3.92. The molecular weight excluding hydrogens is 402 g/mol. The van der Waals surface area contributed by atoms with E-state index < -0.39 is 11.6 Å². The lowest BCUT2D eigenvalue weighted by Crippen LogP contribution is -2.70. The molecular formula is C18H16BrN3O2S. The van der Waals surface area contributed by atoms with Gasteiger partial charge in [0.05, 0.1) is 6.04 Å². The summed E-state index contributed by atoms with van der Waals surface area (Å²) < 4.78 is 7.09. The summed E-state index contributed by atoms with van der Waals surface area (Å²) >= 11 is 8.80. The predicted octanol–water partition coefficient (Wildman–Crippen LogP) is 3.33. The number of amides is 1. The average molecular weight is 418 g/mol. The highest BCUT2D eigenvalue weighted by Gasteiger charge is 2.54. The second kappa shape index (κ2) is 6.00. The smallest absolute Gasteiger partial charge is 0.236 e. The number of carbonyl (C=O) groups is 1. The molecule has 2 aromatic rings. The first-order valence-corrected chi connectivity index (χ1v) is 9.09. The Balaban J connectivity index is 1.74. The number of fused-ring (bicyclic) bond motifs is 4. The zero-order chi connectivity index (χ0) is 17.6. The van der Waals surface area contributed by atoms with Crippen molar-refractivity contribution in [3.8, 4) is 5.75 Å². The molecule has 1 amide bonds. The number of thiocarbonyl (C=S) groups is 1. The van der Waals surface area contributed by atoms with E-state index in [4.69, 9.17) is 17.0 Å². The highest BCUT2D eigenvalue weighted by Crippen LogP contribution is 2.45. The first-order valence-electron chi connectivity index (χ1n) is 7.89. The van der Waals surface area contributed by atoms with Crippen molar-refractivity contribution in [2.45, 2.75) is 18.7 Å². The van der Waals surface area contributed by atoms with Gasteiger partial charge in [-0.3, -0.25) is 4.79 Å². The van der Waals surface area contributed by atoms with Crippen LogP contribution in [0.4, 0.5) is 5.69 Å².